The maximum atomic E-state index is 9.70. The van der Waals surface area contributed by atoms with Crippen LogP contribution in [0.1, 0.15) is 39.5 Å². The lowest BCUT2D eigenvalue weighted by molar-refractivity contribution is 0.150. The van der Waals surface area contributed by atoms with Crippen molar-refractivity contribution in [1.82, 2.24) is 5.32 Å². The van der Waals surface area contributed by atoms with E-state index >= 15 is 0 Å². The second kappa shape index (κ2) is 5.33. The average Bonchev–Trinajstić information content (AvgIpc) is 2.88. The van der Waals surface area contributed by atoms with Crippen LogP contribution in [0.3, 0.4) is 0 Å². The maximum Gasteiger partial charge on any atom is 0.0664 e. The highest BCUT2D eigenvalue weighted by molar-refractivity contribution is 5.11. The molecule has 0 saturated heterocycles. The van der Waals surface area contributed by atoms with Crippen LogP contribution in [0, 0.1) is 17.8 Å². The van der Waals surface area contributed by atoms with Crippen molar-refractivity contribution in [2.24, 2.45) is 17.8 Å². The van der Waals surface area contributed by atoms with Crippen LogP contribution in [-0.2, 0) is 0 Å². The van der Waals surface area contributed by atoms with Gasteiger partial charge in [0.15, 0.2) is 0 Å². The van der Waals surface area contributed by atoms with Crippen molar-refractivity contribution in [3.63, 3.8) is 0 Å². The van der Waals surface area contributed by atoms with E-state index in [0.29, 0.717) is 6.04 Å². The van der Waals surface area contributed by atoms with Crippen molar-refractivity contribution in [1.29, 1.82) is 0 Å². The second-order valence-corrected chi connectivity index (χ2v) is 5.58. The topological polar surface area (TPSA) is 32.3 Å². The van der Waals surface area contributed by atoms with Crippen LogP contribution in [-0.4, -0.2) is 23.8 Å². The van der Waals surface area contributed by atoms with Gasteiger partial charge in [-0.25, -0.2) is 0 Å². The zero-order valence-electron chi connectivity index (χ0n) is 10.5. The van der Waals surface area contributed by atoms with Gasteiger partial charge in [-0.15, -0.1) is 0 Å². The van der Waals surface area contributed by atoms with Gasteiger partial charge in [-0.05, 0) is 43.9 Å². The number of aliphatic hydroxyl groups is 1. The summed E-state index contributed by atoms with van der Waals surface area (Å²) in [6.07, 6.45) is 9.32. The SMILES string of the molecule is CCCC(O)CNC(C)C1CC2C=CC1C2. The highest BCUT2D eigenvalue weighted by Crippen LogP contribution is 2.44. The van der Waals surface area contributed by atoms with Crippen LogP contribution in [0.5, 0.6) is 0 Å². The van der Waals surface area contributed by atoms with E-state index in [4.69, 9.17) is 0 Å². The van der Waals surface area contributed by atoms with Gasteiger partial charge >= 0.3 is 0 Å². The molecule has 0 spiro atoms. The lowest BCUT2D eigenvalue weighted by atomic mass is 9.87. The largest absolute Gasteiger partial charge is 0.392 e. The van der Waals surface area contributed by atoms with Crippen LogP contribution in [0.15, 0.2) is 12.2 Å². The van der Waals surface area contributed by atoms with Gasteiger partial charge in [0, 0.05) is 12.6 Å². The third kappa shape index (κ3) is 2.67. The van der Waals surface area contributed by atoms with Crippen LogP contribution in [0.25, 0.3) is 0 Å². The van der Waals surface area contributed by atoms with E-state index in [-0.39, 0.29) is 6.10 Å². The van der Waals surface area contributed by atoms with E-state index in [0.717, 1.165) is 37.1 Å². The normalized spacial score (nSPS) is 35.6. The second-order valence-electron chi connectivity index (χ2n) is 5.58. The Morgan fingerprint density at radius 1 is 1.38 bits per heavy atom. The Bertz CT molecular complexity index is 251. The molecule has 5 unspecified atom stereocenters. The monoisotopic (exact) mass is 223 g/mol. The molecule has 16 heavy (non-hydrogen) atoms. The van der Waals surface area contributed by atoms with Crippen molar-refractivity contribution in [3.05, 3.63) is 12.2 Å². The van der Waals surface area contributed by atoms with Crippen molar-refractivity contribution < 1.29 is 5.11 Å². The van der Waals surface area contributed by atoms with E-state index < -0.39 is 0 Å². The Hall–Kier alpha value is -0.340. The molecule has 2 bridgehead atoms. The fraction of sp³-hybridized carbons (Fsp3) is 0.857. The summed E-state index contributed by atoms with van der Waals surface area (Å²) in [4.78, 5) is 0. The fourth-order valence-electron chi connectivity index (χ4n) is 3.31. The highest BCUT2D eigenvalue weighted by atomic mass is 16.3. The van der Waals surface area contributed by atoms with Gasteiger partial charge in [-0.3, -0.25) is 0 Å². The first-order valence-electron chi connectivity index (χ1n) is 6.80. The molecule has 1 saturated carbocycles. The number of nitrogens with one attached hydrogen (secondary N) is 1. The summed E-state index contributed by atoms with van der Waals surface area (Å²) >= 11 is 0. The molecule has 0 aliphatic heterocycles. The quantitative estimate of drug-likeness (QED) is 0.677. The van der Waals surface area contributed by atoms with E-state index in [1.165, 1.54) is 12.8 Å². The Morgan fingerprint density at radius 3 is 2.75 bits per heavy atom. The summed E-state index contributed by atoms with van der Waals surface area (Å²) in [5.41, 5.74) is 0. The van der Waals surface area contributed by atoms with Crippen LogP contribution in [0.4, 0.5) is 0 Å². The molecule has 0 aromatic rings. The molecule has 0 heterocycles. The molecule has 1 fully saturated rings. The van der Waals surface area contributed by atoms with Crippen molar-refractivity contribution in [3.8, 4) is 0 Å². The highest BCUT2D eigenvalue weighted by Gasteiger charge is 2.38. The number of rotatable bonds is 6. The van der Waals surface area contributed by atoms with E-state index in [9.17, 15) is 5.11 Å². The summed E-state index contributed by atoms with van der Waals surface area (Å²) in [5.74, 6) is 2.44. The van der Waals surface area contributed by atoms with Gasteiger partial charge in [-0.2, -0.15) is 0 Å². The molecule has 2 nitrogen and oxygen atoms in total. The Kier molecular flexibility index (Phi) is 4.04. The number of aliphatic hydroxyl groups excluding tert-OH is 1. The van der Waals surface area contributed by atoms with Gasteiger partial charge in [-0.1, -0.05) is 25.5 Å². The standard InChI is InChI=1S/C14H25NO/c1-3-4-13(16)9-15-10(2)14-8-11-5-6-12(14)7-11/h5-6,10-16H,3-4,7-9H2,1-2H3. The minimum atomic E-state index is -0.165. The molecule has 2 rings (SSSR count). The van der Waals surface area contributed by atoms with Crippen LogP contribution >= 0.6 is 0 Å². The van der Waals surface area contributed by atoms with Crippen molar-refractivity contribution in [2.45, 2.75) is 51.7 Å². The summed E-state index contributed by atoms with van der Waals surface area (Å²) in [7, 11) is 0. The molecule has 2 heteroatoms. The molecule has 2 N–H and O–H groups in total. The molecule has 2 aliphatic carbocycles. The lowest BCUT2D eigenvalue weighted by Crippen LogP contribution is -2.39. The average molecular weight is 223 g/mol. The van der Waals surface area contributed by atoms with Crippen LogP contribution < -0.4 is 5.32 Å². The molecular formula is C14H25NO. The van der Waals surface area contributed by atoms with Gasteiger partial charge in [0.1, 0.15) is 0 Å². The van der Waals surface area contributed by atoms with Gasteiger partial charge in [0.2, 0.25) is 0 Å². The van der Waals surface area contributed by atoms with E-state index in [2.05, 4.69) is 31.3 Å². The predicted molar refractivity (Wildman–Crippen MR) is 67.2 cm³/mol. The molecule has 0 amide bonds. The number of allylic oxidation sites excluding steroid dienone is 2. The third-order valence-corrected chi connectivity index (χ3v) is 4.27. The van der Waals surface area contributed by atoms with E-state index in [1.807, 2.05) is 0 Å². The van der Waals surface area contributed by atoms with Crippen molar-refractivity contribution in [2.75, 3.05) is 6.54 Å². The molecule has 2 aliphatic rings. The zero-order chi connectivity index (χ0) is 11.5. The van der Waals surface area contributed by atoms with E-state index in [1.54, 1.807) is 0 Å². The number of hydrogen-bond donors (Lipinski definition) is 2. The minimum Gasteiger partial charge on any atom is -0.392 e. The predicted octanol–water partition coefficient (Wildman–Crippen LogP) is 2.34. The number of hydrogen-bond acceptors (Lipinski definition) is 2. The summed E-state index contributed by atoms with van der Waals surface area (Å²) < 4.78 is 0. The third-order valence-electron chi connectivity index (χ3n) is 4.27. The molecule has 92 valence electrons. The minimum absolute atomic E-state index is 0.165. The molecule has 5 atom stereocenters. The first kappa shape index (κ1) is 12.1. The summed E-state index contributed by atoms with van der Waals surface area (Å²) in [5, 5.41) is 13.2. The lowest BCUT2D eigenvalue weighted by Gasteiger charge is -2.27. The van der Waals surface area contributed by atoms with Crippen molar-refractivity contribution >= 4 is 0 Å². The molecule has 0 radical (unpaired) electrons. The summed E-state index contributed by atoms with van der Waals surface area (Å²) in [6.45, 7) is 5.15. The summed E-state index contributed by atoms with van der Waals surface area (Å²) in [6, 6.07) is 0.548. The first-order chi connectivity index (χ1) is 7.70. The smallest absolute Gasteiger partial charge is 0.0664 e. The first-order valence-corrected chi connectivity index (χ1v) is 6.80. The Balaban J connectivity index is 1.72. The Labute approximate surface area is 99.1 Å². The number of fused-ring (bicyclic) bond motifs is 2. The Morgan fingerprint density at radius 2 is 2.19 bits per heavy atom. The van der Waals surface area contributed by atoms with Gasteiger partial charge < -0.3 is 10.4 Å². The van der Waals surface area contributed by atoms with Crippen LogP contribution in [0.2, 0.25) is 0 Å². The fourth-order valence-corrected chi connectivity index (χ4v) is 3.31. The maximum absolute atomic E-state index is 9.70. The zero-order valence-corrected chi connectivity index (χ0v) is 10.5. The van der Waals surface area contributed by atoms with Gasteiger partial charge in [0.05, 0.1) is 6.10 Å². The molecular weight excluding hydrogens is 198 g/mol. The molecule has 0 aromatic carbocycles. The molecule has 0 aromatic heterocycles. The van der Waals surface area contributed by atoms with Gasteiger partial charge in [0.25, 0.3) is 0 Å².